The van der Waals surface area contributed by atoms with Crippen LogP contribution in [0.3, 0.4) is 0 Å². The quantitative estimate of drug-likeness (QED) is 0.707. The van der Waals surface area contributed by atoms with Crippen LogP contribution in [0.25, 0.3) is 0 Å². The van der Waals surface area contributed by atoms with E-state index in [4.69, 9.17) is 15.9 Å². The molecule has 0 spiro atoms. The van der Waals surface area contributed by atoms with E-state index in [9.17, 15) is 14.4 Å². The van der Waals surface area contributed by atoms with Gasteiger partial charge in [0.1, 0.15) is 0 Å². The van der Waals surface area contributed by atoms with Crippen LogP contribution in [0.5, 0.6) is 0 Å². The molecule has 0 aliphatic carbocycles. The number of aryl methyl sites for hydroxylation is 1. The Hall–Kier alpha value is -2.63. The highest BCUT2D eigenvalue weighted by Gasteiger charge is 2.04. The molecule has 0 fully saturated rings. The number of carbonyl (C=O) groups is 3. The Morgan fingerprint density at radius 3 is 1.84 bits per heavy atom. The van der Waals surface area contributed by atoms with Crippen molar-refractivity contribution in [2.75, 3.05) is 0 Å². The molecule has 1 amide bonds. The molecule has 0 saturated carbocycles. The molecule has 4 N–H and O–H groups in total. The van der Waals surface area contributed by atoms with Crippen LogP contribution in [0.15, 0.2) is 30.4 Å². The van der Waals surface area contributed by atoms with Crippen LogP contribution in [0.2, 0.25) is 0 Å². The van der Waals surface area contributed by atoms with Crippen molar-refractivity contribution in [3.8, 4) is 0 Å². The van der Waals surface area contributed by atoms with Gasteiger partial charge in [-0.25, -0.2) is 9.59 Å². The average Bonchev–Trinajstić information content (AvgIpc) is 2.30. The minimum Gasteiger partial charge on any atom is -0.478 e. The summed E-state index contributed by atoms with van der Waals surface area (Å²) < 4.78 is 0. The lowest BCUT2D eigenvalue weighted by Crippen LogP contribution is -2.12. The normalized spacial score (nSPS) is 9.58. The number of aliphatic carboxylic acids is 2. The topological polar surface area (TPSA) is 118 Å². The number of hydrogen-bond acceptors (Lipinski definition) is 3. The van der Waals surface area contributed by atoms with Gasteiger partial charge in [-0.3, -0.25) is 4.79 Å². The fourth-order valence-electron chi connectivity index (χ4n) is 1.16. The minimum atomic E-state index is -1.26. The molecule has 0 aliphatic heterocycles. The summed E-state index contributed by atoms with van der Waals surface area (Å²) in [5, 5.41) is 15.6. The Morgan fingerprint density at radius 2 is 1.53 bits per heavy atom. The molecule has 6 nitrogen and oxygen atoms in total. The third-order valence-corrected chi connectivity index (χ3v) is 2.24. The largest absolute Gasteiger partial charge is 0.478 e. The number of carboxylic acid groups (broad SMARTS) is 2. The second-order valence-corrected chi connectivity index (χ2v) is 3.62. The lowest BCUT2D eigenvalue weighted by Gasteiger charge is -2.03. The Morgan fingerprint density at radius 1 is 1.05 bits per heavy atom. The number of primary amides is 1. The predicted molar refractivity (Wildman–Crippen MR) is 68.8 cm³/mol. The van der Waals surface area contributed by atoms with Gasteiger partial charge in [-0.15, -0.1) is 0 Å². The monoisotopic (exact) mass is 265 g/mol. The molecular weight excluding hydrogens is 250 g/mol. The van der Waals surface area contributed by atoms with Crippen molar-refractivity contribution in [2.24, 2.45) is 5.73 Å². The summed E-state index contributed by atoms with van der Waals surface area (Å²) in [7, 11) is 0. The Balaban J connectivity index is 0.000000362. The summed E-state index contributed by atoms with van der Waals surface area (Å²) in [6.45, 7) is 3.86. The van der Waals surface area contributed by atoms with Gasteiger partial charge in [0.15, 0.2) is 0 Å². The van der Waals surface area contributed by atoms with E-state index in [1.807, 2.05) is 26.0 Å². The first-order valence-corrected chi connectivity index (χ1v) is 5.25. The molecule has 0 unspecified atom stereocenters. The van der Waals surface area contributed by atoms with Crippen molar-refractivity contribution in [1.29, 1.82) is 0 Å². The fraction of sp³-hybridized carbons (Fsp3) is 0.154. The molecule has 6 heteroatoms. The van der Waals surface area contributed by atoms with Gasteiger partial charge in [-0.05, 0) is 31.0 Å². The average molecular weight is 265 g/mol. The summed E-state index contributed by atoms with van der Waals surface area (Å²) in [4.78, 5) is 29.9. The van der Waals surface area contributed by atoms with Gasteiger partial charge in [0.25, 0.3) is 0 Å². The zero-order valence-electron chi connectivity index (χ0n) is 10.6. The third kappa shape index (κ3) is 6.62. The first-order valence-electron chi connectivity index (χ1n) is 5.25. The maximum atomic E-state index is 10.8. The number of amides is 1. The first-order chi connectivity index (χ1) is 8.75. The summed E-state index contributed by atoms with van der Waals surface area (Å²) in [6, 6.07) is 5.54. The van der Waals surface area contributed by atoms with Gasteiger partial charge in [0.05, 0.1) is 0 Å². The molecule has 0 radical (unpaired) electrons. The van der Waals surface area contributed by atoms with E-state index >= 15 is 0 Å². The smallest absolute Gasteiger partial charge is 0.328 e. The van der Waals surface area contributed by atoms with Crippen LogP contribution in [0.1, 0.15) is 21.5 Å². The number of carbonyl (C=O) groups excluding carboxylic acids is 1. The van der Waals surface area contributed by atoms with Gasteiger partial charge in [-0.1, -0.05) is 12.1 Å². The first kappa shape index (κ1) is 16.4. The summed E-state index contributed by atoms with van der Waals surface area (Å²) in [6.07, 6.45) is 1.12. The maximum Gasteiger partial charge on any atom is 0.328 e. The number of rotatable bonds is 3. The molecule has 102 valence electrons. The molecule has 0 heterocycles. The van der Waals surface area contributed by atoms with Crippen molar-refractivity contribution < 1.29 is 24.6 Å². The van der Waals surface area contributed by atoms with Crippen LogP contribution in [0.4, 0.5) is 0 Å². The standard InChI is InChI=1S/C9H11NO.C4H4O4/c1-6-4-3-5-8(7(6)2)9(10)11;5-3(6)1-2-4(7)8/h3-5H,1-2H3,(H2,10,11);1-2H,(H,5,6)(H,7,8)/b;2-1-. The molecule has 0 aliphatic rings. The fourth-order valence-corrected chi connectivity index (χ4v) is 1.16. The van der Waals surface area contributed by atoms with Crippen molar-refractivity contribution in [2.45, 2.75) is 13.8 Å². The van der Waals surface area contributed by atoms with E-state index in [0.717, 1.165) is 11.1 Å². The van der Waals surface area contributed by atoms with Crippen molar-refractivity contribution in [1.82, 2.24) is 0 Å². The Bertz CT molecular complexity index is 504. The number of carboxylic acids is 2. The number of nitrogens with two attached hydrogens (primary N) is 1. The molecule has 1 rings (SSSR count). The molecule has 0 bridgehead atoms. The van der Waals surface area contributed by atoms with Crippen molar-refractivity contribution in [3.05, 3.63) is 47.0 Å². The lowest BCUT2D eigenvalue weighted by atomic mass is 10.0. The summed E-state index contributed by atoms with van der Waals surface area (Å²) >= 11 is 0. The molecule has 0 aromatic heterocycles. The van der Waals surface area contributed by atoms with E-state index in [1.165, 1.54) is 0 Å². The molecule has 1 aromatic carbocycles. The molecule has 0 saturated heterocycles. The Labute approximate surface area is 110 Å². The zero-order chi connectivity index (χ0) is 15.0. The highest BCUT2D eigenvalue weighted by Crippen LogP contribution is 2.11. The second-order valence-electron chi connectivity index (χ2n) is 3.62. The third-order valence-electron chi connectivity index (χ3n) is 2.24. The van der Waals surface area contributed by atoms with Gasteiger partial charge in [-0.2, -0.15) is 0 Å². The van der Waals surface area contributed by atoms with E-state index < -0.39 is 11.9 Å². The predicted octanol–water partition coefficient (Wildman–Crippen LogP) is 1.11. The number of hydrogen-bond donors (Lipinski definition) is 3. The van der Waals surface area contributed by atoms with Gasteiger partial charge >= 0.3 is 11.9 Å². The number of benzene rings is 1. The lowest BCUT2D eigenvalue weighted by molar-refractivity contribution is -0.134. The summed E-state index contributed by atoms with van der Waals surface area (Å²) in [5.74, 6) is -2.87. The molecule has 0 atom stereocenters. The Kier molecular flexibility index (Phi) is 6.59. The van der Waals surface area contributed by atoms with Gasteiger partial charge < -0.3 is 15.9 Å². The van der Waals surface area contributed by atoms with Crippen LogP contribution >= 0.6 is 0 Å². The van der Waals surface area contributed by atoms with Gasteiger partial charge in [0.2, 0.25) is 5.91 Å². The van der Waals surface area contributed by atoms with Crippen molar-refractivity contribution in [3.63, 3.8) is 0 Å². The zero-order valence-corrected chi connectivity index (χ0v) is 10.6. The maximum absolute atomic E-state index is 10.8. The van der Waals surface area contributed by atoms with Crippen molar-refractivity contribution >= 4 is 17.8 Å². The molecule has 1 aromatic rings. The van der Waals surface area contributed by atoms with Crippen LogP contribution in [0, 0.1) is 13.8 Å². The van der Waals surface area contributed by atoms with E-state index in [-0.39, 0.29) is 5.91 Å². The molecule has 19 heavy (non-hydrogen) atoms. The second kappa shape index (κ2) is 7.65. The highest BCUT2D eigenvalue weighted by atomic mass is 16.4. The van der Waals surface area contributed by atoms with Crippen LogP contribution < -0.4 is 5.73 Å². The van der Waals surface area contributed by atoms with Crippen LogP contribution in [-0.2, 0) is 9.59 Å². The summed E-state index contributed by atoms with van der Waals surface area (Å²) in [5.41, 5.74) is 7.83. The van der Waals surface area contributed by atoms with E-state index in [1.54, 1.807) is 6.07 Å². The SMILES string of the molecule is Cc1cccc(C(N)=O)c1C.O=C(O)/C=C\C(=O)O. The minimum absolute atomic E-state index is 0.355. The van der Waals surface area contributed by atoms with E-state index in [2.05, 4.69) is 0 Å². The van der Waals surface area contributed by atoms with Gasteiger partial charge in [0, 0.05) is 17.7 Å². The van der Waals surface area contributed by atoms with Crippen LogP contribution in [-0.4, -0.2) is 28.1 Å². The van der Waals surface area contributed by atoms with E-state index in [0.29, 0.717) is 17.7 Å². The highest BCUT2D eigenvalue weighted by molar-refractivity contribution is 5.94. The molecular formula is C13H15NO5.